The van der Waals surface area contributed by atoms with Crippen molar-refractivity contribution in [3.8, 4) is 0 Å². The van der Waals surface area contributed by atoms with E-state index < -0.39 is 0 Å². The minimum Gasteiger partial charge on any atom is -0.355 e. The third-order valence-electron chi connectivity index (χ3n) is 4.42. The van der Waals surface area contributed by atoms with Crippen molar-refractivity contribution in [2.45, 2.75) is 45.7 Å². The normalized spacial score (nSPS) is 18.2. The molecule has 1 aromatic heterocycles. The van der Waals surface area contributed by atoms with Crippen molar-refractivity contribution in [2.24, 2.45) is 0 Å². The van der Waals surface area contributed by atoms with E-state index in [0.29, 0.717) is 6.04 Å². The number of nitrogens with one attached hydrogen (secondary N) is 1. The lowest BCUT2D eigenvalue weighted by Crippen LogP contribution is -2.45. The highest BCUT2D eigenvalue weighted by Gasteiger charge is 2.21. The number of hydrogen-bond acceptors (Lipinski definition) is 4. The first kappa shape index (κ1) is 15.9. The molecule has 1 unspecified atom stereocenters. The summed E-state index contributed by atoms with van der Waals surface area (Å²) in [5.41, 5.74) is 2.47. The van der Waals surface area contributed by atoms with Crippen LogP contribution in [-0.2, 0) is 13.0 Å². The predicted molar refractivity (Wildman–Crippen MR) is 94.7 cm³/mol. The van der Waals surface area contributed by atoms with E-state index in [2.05, 4.69) is 63.5 Å². The molecule has 2 heterocycles. The molecule has 1 aliphatic heterocycles. The van der Waals surface area contributed by atoms with Crippen LogP contribution in [0.2, 0.25) is 0 Å². The molecule has 4 nitrogen and oxygen atoms in total. The number of hydrogen-bond donors (Lipinski definition) is 1. The van der Waals surface area contributed by atoms with Crippen LogP contribution in [0.3, 0.4) is 0 Å². The van der Waals surface area contributed by atoms with Gasteiger partial charge in [-0.2, -0.15) is 0 Å². The second kappa shape index (κ2) is 7.55. The Morgan fingerprint density at radius 3 is 2.83 bits per heavy atom. The summed E-state index contributed by atoms with van der Waals surface area (Å²) < 4.78 is 0. The van der Waals surface area contributed by atoms with Gasteiger partial charge in [-0.15, -0.1) is 0 Å². The Labute approximate surface area is 139 Å². The second-order valence-electron chi connectivity index (χ2n) is 6.27. The van der Waals surface area contributed by atoms with Crippen molar-refractivity contribution in [3.63, 3.8) is 0 Å². The highest BCUT2D eigenvalue weighted by molar-refractivity contribution is 5.40. The lowest BCUT2D eigenvalue weighted by Gasteiger charge is -2.34. The molecule has 1 fully saturated rings. The summed E-state index contributed by atoms with van der Waals surface area (Å²) >= 11 is 0. The van der Waals surface area contributed by atoms with Crippen molar-refractivity contribution in [1.82, 2.24) is 15.3 Å². The molecule has 1 aliphatic rings. The van der Waals surface area contributed by atoms with Crippen LogP contribution in [0, 0.1) is 6.92 Å². The molecule has 0 radical (unpaired) electrons. The Bertz CT molecular complexity index is 627. The average molecular weight is 310 g/mol. The zero-order valence-electron chi connectivity index (χ0n) is 14.1. The number of anilines is 1. The fourth-order valence-electron chi connectivity index (χ4n) is 3.17. The van der Waals surface area contributed by atoms with Gasteiger partial charge in [-0.05, 0) is 31.7 Å². The fraction of sp³-hybridized carbons (Fsp3) is 0.474. The van der Waals surface area contributed by atoms with Crippen LogP contribution in [0.25, 0.3) is 0 Å². The Morgan fingerprint density at radius 1 is 1.22 bits per heavy atom. The van der Waals surface area contributed by atoms with Crippen LogP contribution in [0.5, 0.6) is 0 Å². The molecule has 0 spiro atoms. The largest absolute Gasteiger partial charge is 0.355 e. The molecule has 3 rings (SSSR count). The predicted octanol–water partition coefficient (Wildman–Crippen LogP) is 3.11. The molecule has 122 valence electrons. The Hall–Kier alpha value is -1.94. The summed E-state index contributed by atoms with van der Waals surface area (Å²) in [5.74, 6) is 1.96. The third kappa shape index (κ3) is 4.29. The average Bonchev–Trinajstić information content (AvgIpc) is 2.60. The van der Waals surface area contributed by atoms with Crippen LogP contribution in [0.15, 0.2) is 36.4 Å². The summed E-state index contributed by atoms with van der Waals surface area (Å²) in [6.45, 7) is 7.17. The zero-order chi connectivity index (χ0) is 16.1. The summed E-state index contributed by atoms with van der Waals surface area (Å²) in [6.07, 6.45) is 3.39. The van der Waals surface area contributed by atoms with Gasteiger partial charge < -0.3 is 10.2 Å². The first-order valence-corrected chi connectivity index (χ1v) is 8.61. The van der Waals surface area contributed by atoms with E-state index in [1.165, 1.54) is 18.4 Å². The van der Waals surface area contributed by atoms with Gasteiger partial charge in [0.25, 0.3) is 0 Å². The van der Waals surface area contributed by atoms with E-state index in [0.717, 1.165) is 43.4 Å². The molecular formula is C19H26N4. The number of aryl methyl sites for hydroxylation is 2. The molecule has 1 saturated heterocycles. The lowest BCUT2D eigenvalue weighted by molar-refractivity contribution is 0.420. The van der Waals surface area contributed by atoms with Crippen LogP contribution in [0.4, 0.5) is 5.82 Å². The minimum atomic E-state index is 0.518. The van der Waals surface area contributed by atoms with Gasteiger partial charge in [0.05, 0.1) is 0 Å². The molecule has 1 atom stereocenters. The van der Waals surface area contributed by atoms with E-state index in [4.69, 9.17) is 0 Å². The summed E-state index contributed by atoms with van der Waals surface area (Å²) in [4.78, 5) is 11.5. The zero-order valence-corrected chi connectivity index (χ0v) is 14.1. The van der Waals surface area contributed by atoms with Crippen molar-refractivity contribution in [1.29, 1.82) is 0 Å². The van der Waals surface area contributed by atoms with Gasteiger partial charge in [-0.3, -0.25) is 0 Å². The molecule has 0 aliphatic carbocycles. The molecule has 23 heavy (non-hydrogen) atoms. The molecule has 1 N–H and O–H groups in total. The summed E-state index contributed by atoms with van der Waals surface area (Å²) in [5, 5.41) is 3.70. The van der Waals surface area contributed by atoms with Crippen molar-refractivity contribution in [2.75, 3.05) is 18.0 Å². The molecule has 1 aromatic carbocycles. The van der Waals surface area contributed by atoms with Gasteiger partial charge in [0.15, 0.2) is 0 Å². The second-order valence-corrected chi connectivity index (χ2v) is 6.27. The van der Waals surface area contributed by atoms with Crippen LogP contribution >= 0.6 is 0 Å². The maximum atomic E-state index is 4.65. The number of nitrogens with zero attached hydrogens (tertiary/aromatic N) is 3. The van der Waals surface area contributed by atoms with E-state index in [1.807, 2.05) is 6.92 Å². The van der Waals surface area contributed by atoms with Gasteiger partial charge in [-0.1, -0.05) is 37.3 Å². The quantitative estimate of drug-likeness (QED) is 0.921. The number of benzene rings is 1. The Kier molecular flexibility index (Phi) is 5.23. The van der Waals surface area contributed by atoms with Gasteiger partial charge in [-0.25, -0.2) is 9.97 Å². The molecule has 2 aromatic rings. The lowest BCUT2D eigenvalue weighted by atomic mass is 10.0. The summed E-state index contributed by atoms with van der Waals surface area (Å²) in [6, 6.07) is 13.3. The standard InChI is InChI=1S/C19H26N4/c1-3-17-12-19(22-15(2)21-17)23-11-7-10-18(14-23)20-13-16-8-5-4-6-9-16/h4-6,8-9,12,18,20H,3,7,10-11,13-14H2,1-2H3. The van der Waals surface area contributed by atoms with Gasteiger partial charge >= 0.3 is 0 Å². The van der Waals surface area contributed by atoms with Crippen LogP contribution < -0.4 is 10.2 Å². The first-order chi connectivity index (χ1) is 11.2. The first-order valence-electron chi connectivity index (χ1n) is 8.61. The van der Waals surface area contributed by atoms with E-state index in [-0.39, 0.29) is 0 Å². The number of piperidine rings is 1. The topological polar surface area (TPSA) is 41.0 Å². The van der Waals surface area contributed by atoms with Gasteiger partial charge in [0.2, 0.25) is 0 Å². The fourth-order valence-corrected chi connectivity index (χ4v) is 3.17. The van der Waals surface area contributed by atoms with Crippen LogP contribution in [0.1, 0.15) is 36.8 Å². The molecule has 4 heteroatoms. The van der Waals surface area contributed by atoms with E-state index in [9.17, 15) is 0 Å². The number of aromatic nitrogens is 2. The Morgan fingerprint density at radius 2 is 2.04 bits per heavy atom. The highest BCUT2D eigenvalue weighted by atomic mass is 15.2. The summed E-state index contributed by atoms with van der Waals surface area (Å²) in [7, 11) is 0. The maximum Gasteiger partial charge on any atom is 0.132 e. The third-order valence-corrected chi connectivity index (χ3v) is 4.42. The molecule has 0 saturated carbocycles. The molecule has 0 amide bonds. The monoisotopic (exact) mass is 310 g/mol. The molecular weight excluding hydrogens is 284 g/mol. The highest BCUT2D eigenvalue weighted by Crippen LogP contribution is 2.19. The van der Waals surface area contributed by atoms with Gasteiger partial charge in [0, 0.05) is 37.4 Å². The van der Waals surface area contributed by atoms with Crippen molar-refractivity contribution < 1.29 is 0 Å². The Balaban J connectivity index is 1.63. The van der Waals surface area contributed by atoms with E-state index in [1.54, 1.807) is 0 Å². The van der Waals surface area contributed by atoms with Crippen molar-refractivity contribution >= 4 is 5.82 Å². The smallest absolute Gasteiger partial charge is 0.132 e. The van der Waals surface area contributed by atoms with Gasteiger partial charge in [0.1, 0.15) is 11.6 Å². The van der Waals surface area contributed by atoms with E-state index >= 15 is 0 Å². The SMILES string of the molecule is CCc1cc(N2CCCC(NCc3ccccc3)C2)nc(C)n1. The number of rotatable bonds is 5. The molecule has 0 bridgehead atoms. The van der Waals surface area contributed by atoms with Crippen molar-refractivity contribution in [3.05, 3.63) is 53.5 Å². The van der Waals surface area contributed by atoms with Crippen LogP contribution in [-0.4, -0.2) is 29.1 Å². The minimum absolute atomic E-state index is 0.518. The maximum absolute atomic E-state index is 4.65.